The van der Waals surface area contributed by atoms with E-state index >= 15 is 0 Å². The van der Waals surface area contributed by atoms with E-state index in [9.17, 15) is 4.79 Å². The van der Waals surface area contributed by atoms with Gasteiger partial charge >= 0.3 is 0 Å². The molecule has 5 nitrogen and oxygen atoms in total. The second kappa shape index (κ2) is 7.49. The van der Waals surface area contributed by atoms with Crippen molar-refractivity contribution in [2.75, 3.05) is 0 Å². The van der Waals surface area contributed by atoms with Crippen LogP contribution in [0.25, 0.3) is 5.52 Å². The average Bonchev–Trinajstić information content (AvgIpc) is 3.23. The largest absolute Gasteiger partial charge is 0.307 e. The summed E-state index contributed by atoms with van der Waals surface area (Å²) >= 11 is 0. The standard InChI is InChI=1S/C19H30N4O/c1-4-7-10-13(5-2)18-20-15(6-3)16-19(24)21-17(22-23(16)18)14-11-8-9-12-14/h13-14H,4-12H2,1-3H3,(H,21,22,24). The van der Waals surface area contributed by atoms with Gasteiger partial charge in [0.15, 0.2) is 5.52 Å². The first-order valence-corrected chi connectivity index (χ1v) is 9.71. The van der Waals surface area contributed by atoms with Crippen LogP contribution in [0.15, 0.2) is 4.79 Å². The molecular weight excluding hydrogens is 300 g/mol. The first-order chi connectivity index (χ1) is 11.7. The van der Waals surface area contributed by atoms with Crippen LogP contribution in [0.4, 0.5) is 0 Å². The Hall–Kier alpha value is -1.65. The third-order valence-corrected chi connectivity index (χ3v) is 5.46. The second-order valence-corrected chi connectivity index (χ2v) is 7.10. The van der Waals surface area contributed by atoms with E-state index in [1.54, 1.807) is 0 Å². The number of hydrogen-bond acceptors (Lipinski definition) is 3. The molecule has 1 unspecified atom stereocenters. The van der Waals surface area contributed by atoms with Gasteiger partial charge in [0, 0.05) is 11.8 Å². The minimum absolute atomic E-state index is 0.0205. The quantitative estimate of drug-likeness (QED) is 0.822. The number of unbranched alkanes of at least 4 members (excludes halogenated alkanes) is 1. The molecule has 1 saturated carbocycles. The van der Waals surface area contributed by atoms with Crippen LogP contribution in [0.3, 0.4) is 0 Å². The van der Waals surface area contributed by atoms with E-state index in [-0.39, 0.29) is 5.56 Å². The fourth-order valence-corrected chi connectivity index (χ4v) is 3.97. The van der Waals surface area contributed by atoms with Crippen LogP contribution in [-0.4, -0.2) is 19.6 Å². The summed E-state index contributed by atoms with van der Waals surface area (Å²) in [6.45, 7) is 6.48. The lowest BCUT2D eigenvalue weighted by Crippen LogP contribution is -2.20. The van der Waals surface area contributed by atoms with Gasteiger partial charge in [0.1, 0.15) is 11.6 Å². The summed E-state index contributed by atoms with van der Waals surface area (Å²) in [5.41, 5.74) is 1.52. The summed E-state index contributed by atoms with van der Waals surface area (Å²) in [5.74, 6) is 2.63. The molecular formula is C19H30N4O. The molecule has 1 aliphatic carbocycles. The number of imidazole rings is 1. The van der Waals surface area contributed by atoms with Gasteiger partial charge < -0.3 is 4.98 Å². The molecule has 1 atom stereocenters. The maximum absolute atomic E-state index is 12.7. The Morgan fingerprint density at radius 2 is 2.00 bits per heavy atom. The molecule has 1 N–H and O–H groups in total. The summed E-state index contributed by atoms with van der Waals surface area (Å²) in [6, 6.07) is 0. The van der Waals surface area contributed by atoms with Gasteiger partial charge in [0.25, 0.3) is 5.56 Å². The molecule has 0 aromatic carbocycles. The van der Waals surface area contributed by atoms with Gasteiger partial charge in [-0.3, -0.25) is 4.79 Å². The van der Waals surface area contributed by atoms with Crippen LogP contribution in [0.2, 0.25) is 0 Å². The number of aryl methyl sites for hydroxylation is 1. The molecule has 2 aromatic heterocycles. The maximum Gasteiger partial charge on any atom is 0.277 e. The molecule has 1 fully saturated rings. The number of hydrogen-bond donors (Lipinski definition) is 1. The molecule has 1 aliphatic rings. The van der Waals surface area contributed by atoms with E-state index in [1.807, 2.05) is 4.52 Å². The van der Waals surface area contributed by atoms with Gasteiger partial charge in [0.2, 0.25) is 0 Å². The number of aromatic amines is 1. The van der Waals surface area contributed by atoms with Crippen molar-refractivity contribution >= 4 is 5.52 Å². The van der Waals surface area contributed by atoms with Crippen molar-refractivity contribution in [3.05, 3.63) is 27.7 Å². The summed E-state index contributed by atoms with van der Waals surface area (Å²) in [5, 5.41) is 4.86. The first-order valence-electron chi connectivity index (χ1n) is 9.71. The molecule has 0 saturated heterocycles. The smallest absolute Gasteiger partial charge is 0.277 e. The van der Waals surface area contributed by atoms with Crippen LogP contribution in [0, 0.1) is 0 Å². The Balaban J connectivity index is 2.11. The second-order valence-electron chi connectivity index (χ2n) is 7.10. The van der Waals surface area contributed by atoms with E-state index in [1.165, 1.54) is 25.7 Å². The summed E-state index contributed by atoms with van der Waals surface area (Å²) in [6.07, 6.45) is 10.0. The zero-order valence-electron chi connectivity index (χ0n) is 15.3. The summed E-state index contributed by atoms with van der Waals surface area (Å²) in [7, 11) is 0. The number of H-pyrrole nitrogens is 1. The molecule has 0 aliphatic heterocycles. The van der Waals surface area contributed by atoms with Crippen LogP contribution >= 0.6 is 0 Å². The third kappa shape index (κ3) is 3.13. The van der Waals surface area contributed by atoms with Gasteiger partial charge in [-0.05, 0) is 32.1 Å². The van der Waals surface area contributed by atoms with Crippen LogP contribution in [0.1, 0.15) is 101 Å². The number of rotatable bonds is 7. The topological polar surface area (TPSA) is 63.0 Å². The van der Waals surface area contributed by atoms with E-state index in [2.05, 4.69) is 25.8 Å². The minimum atomic E-state index is -0.0205. The van der Waals surface area contributed by atoms with Crippen molar-refractivity contribution in [1.29, 1.82) is 0 Å². The highest BCUT2D eigenvalue weighted by Crippen LogP contribution is 2.32. The molecule has 3 rings (SSSR count). The Morgan fingerprint density at radius 1 is 1.25 bits per heavy atom. The molecule has 2 heterocycles. The zero-order valence-corrected chi connectivity index (χ0v) is 15.3. The van der Waals surface area contributed by atoms with E-state index in [0.717, 1.165) is 49.4 Å². The number of aromatic nitrogens is 4. The Kier molecular flexibility index (Phi) is 5.36. The summed E-state index contributed by atoms with van der Waals surface area (Å²) < 4.78 is 1.88. The van der Waals surface area contributed by atoms with Crippen molar-refractivity contribution in [1.82, 2.24) is 19.6 Å². The van der Waals surface area contributed by atoms with E-state index in [0.29, 0.717) is 17.4 Å². The highest BCUT2D eigenvalue weighted by atomic mass is 16.1. The monoisotopic (exact) mass is 330 g/mol. The van der Waals surface area contributed by atoms with Gasteiger partial charge in [-0.25, -0.2) is 9.50 Å². The lowest BCUT2D eigenvalue weighted by atomic mass is 9.99. The number of fused-ring (bicyclic) bond motifs is 1. The van der Waals surface area contributed by atoms with Crippen molar-refractivity contribution in [3.63, 3.8) is 0 Å². The highest BCUT2D eigenvalue weighted by molar-refractivity contribution is 5.50. The van der Waals surface area contributed by atoms with Crippen molar-refractivity contribution < 1.29 is 0 Å². The van der Waals surface area contributed by atoms with Crippen molar-refractivity contribution in [3.8, 4) is 0 Å². The summed E-state index contributed by atoms with van der Waals surface area (Å²) in [4.78, 5) is 20.6. The van der Waals surface area contributed by atoms with Gasteiger partial charge in [-0.1, -0.05) is 46.5 Å². The van der Waals surface area contributed by atoms with E-state index < -0.39 is 0 Å². The van der Waals surface area contributed by atoms with Gasteiger partial charge in [0.05, 0.1) is 5.69 Å². The van der Waals surface area contributed by atoms with Gasteiger partial charge in [-0.15, -0.1) is 0 Å². The Morgan fingerprint density at radius 3 is 2.62 bits per heavy atom. The molecule has 24 heavy (non-hydrogen) atoms. The van der Waals surface area contributed by atoms with Gasteiger partial charge in [-0.2, -0.15) is 5.10 Å². The van der Waals surface area contributed by atoms with E-state index in [4.69, 9.17) is 10.1 Å². The molecule has 5 heteroatoms. The Bertz CT molecular complexity index is 740. The molecule has 132 valence electrons. The van der Waals surface area contributed by atoms with Crippen molar-refractivity contribution in [2.45, 2.75) is 90.4 Å². The predicted octanol–water partition coefficient (Wildman–Crippen LogP) is 4.32. The molecule has 0 bridgehead atoms. The molecule has 0 radical (unpaired) electrons. The zero-order chi connectivity index (χ0) is 17.1. The Labute approximate surface area is 143 Å². The SMILES string of the molecule is CCCCC(CC)c1nc(CC)c2c(=O)[nH]c(C3CCCC3)nn12. The number of nitrogens with one attached hydrogen (secondary N) is 1. The first kappa shape index (κ1) is 17.2. The molecule has 0 amide bonds. The highest BCUT2D eigenvalue weighted by Gasteiger charge is 2.25. The molecule has 2 aromatic rings. The number of nitrogens with zero attached hydrogens (tertiary/aromatic N) is 3. The average molecular weight is 330 g/mol. The fraction of sp³-hybridized carbons (Fsp3) is 0.737. The lowest BCUT2D eigenvalue weighted by molar-refractivity contribution is 0.525. The predicted molar refractivity (Wildman–Crippen MR) is 96.8 cm³/mol. The molecule has 0 spiro atoms. The van der Waals surface area contributed by atoms with Crippen LogP contribution in [-0.2, 0) is 6.42 Å². The minimum Gasteiger partial charge on any atom is -0.307 e. The third-order valence-electron chi connectivity index (χ3n) is 5.46. The van der Waals surface area contributed by atoms with Crippen LogP contribution < -0.4 is 5.56 Å². The maximum atomic E-state index is 12.7. The lowest BCUT2D eigenvalue weighted by Gasteiger charge is -2.14. The van der Waals surface area contributed by atoms with Crippen molar-refractivity contribution in [2.24, 2.45) is 0 Å². The fourth-order valence-electron chi connectivity index (χ4n) is 3.97. The van der Waals surface area contributed by atoms with Crippen LogP contribution in [0.5, 0.6) is 0 Å². The normalized spacial score (nSPS) is 17.0.